The van der Waals surface area contributed by atoms with Crippen LogP contribution in [-0.4, -0.2) is 53.5 Å². The number of carbonyl (C=O) groups excluding carboxylic acids is 2. The summed E-state index contributed by atoms with van der Waals surface area (Å²) in [5.41, 5.74) is 2.64. The zero-order valence-electron chi connectivity index (χ0n) is 17.0. The van der Waals surface area contributed by atoms with Crippen LogP contribution in [0.2, 0.25) is 0 Å². The van der Waals surface area contributed by atoms with Gasteiger partial charge in [-0.25, -0.2) is 18.4 Å². The number of fused-ring (bicyclic) bond motifs is 1. The second-order valence-corrected chi connectivity index (χ2v) is 11.1. The summed E-state index contributed by atoms with van der Waals surface area (Å²) in [6.45, 7) is 0. The fourth-order valence-corrected chi connectivity index (χ4v) is 6.57. The van der Waals surface area contributed by atoms with E-state index in [0.717, 1.165) is 20.8 Å². The number of hydrogen-bond donors (Lipinski definition) is 1. The zero-order chi connectivity index (χ0) is 22.3. The summed E-state index contributed by atoms with van der Waals surface area (Å²) in [6, 6.07) is 14.8. The molecule has 0 aliphatic carbocycles. The minimum atomic E-state index is -3.16. The van der Waals surface area contributed by atoms with E-state index in [2.05, 4.69) is 15.4 Å². The zero-order valence-corrected chi connectivity index (χ0v) is 18.7. The highest BCUT2D eigenvalue weighted by Crippen LogP contribution is 2.31. The Balaban J connectivity index is 1.35. The number of aromatic nitrogens is 1. The van der Waals surface area contributed by atoms with Crippen LogP contribution in [-0.2, 0) is 19.4 Å². The monoisotopic (exact) mass is 468 g/mol. The number of anilines is 1. The average Bonchev–Trinajstić information content (AvgIpc) is 3.37. The molecule has 0 radical (unpaired) electrons. The molecule has 1 fully saturated rings. The van der Waals surface area contributed by atoms with Crippen LogP contribution in [0.15, 0.2) is 53.6 Å². The van der Waals surface area contributed by atoms with Crippen molar-refractivity contribution < 1.29 is 18.0 Å². The lowest BCUT2D eigenvalue weighted by molar-refractivity contribution is -0.133. The predicted octanol–water partition coefficient (Wildman–Crippen LogP) is 3.07. The molecule has 0 bridgehead atoms. The smallest absolute Gasteiger partial charge is 0.271 e. The Labute approximate surface area is 188 Å². The van der Waals surface area contributed by atoms with Crippen molar-refractivity contribution in [2.24, 2.45) is 5.10 Å². The van der Waals surface area contributed by atoms with Crippen molar-refractivity contribution in [2.75, 3.05) is 16.8 Å². The Hall–Kier alpha value is -3.11. The first kappa shape index (κ1) is 20.8. The molecule has 2 aliphatic heterocycles. The van der Waals surface area contributed by atoms with E-state index in [1.54, 1.807) is 17.4 Å². The molecule has 10 heteroatoms. The van der Waals surface area contributed by atoms with Crippen molar-refractivity contribution >= 4 is 54.6 Å². The van der Waals surface area contributed by atoms with Crippen LogP contribution in [0, 0.1) is 0 Å². The summed E-state index contributed by atoms with van der Waals surface area (Å²) in [7, 11) is -3.16. The summed E-state index contributed by atoms with van der Waals surface area (Å²) >= 11 is 1.58. The highest BCUT2D eigenvalue weighted by molar-refractivity contribution is 7.91. The first-order valence-electron chi connectivity index (χ1n) is 10.3. The van der Waals surface area contributed by atoms with E-state index >= 15 is 0 Å². The Kier molecular flexibility index (Phi) is 5.26. The molecular formula is C22H20N4O4S2. The van der Waals surface area contributed by atoms with Crippen LogP contribution in [0.1, 0.15) is 19.3 Å². The third kappa shape index (κ3) is 4.15. The lowest BCUT2D eigenvalue weighted by Crippen LogP contribution is -2.42. The van der Waals surface area contributed by atoms with Crippen LogP contribution in [0.25, 0.3) is 20.8 Å². The molecule has 3 aromatic rings. The van der Waals surface area contributed by atoms with Crippen LogP contribution in [0.3, 0.4) is 0 Å². The van der Waals surface area contributed by atoms with Gasteiger partial charge in [0.05, 0.1) is 27.8 Å². The lowest BCUT2D eigenvalue weighted by Gasteiger charge is -2.27. The molecule has 164 valence electrons. The summed E-state index contributed by atoms with van der Waals surface area (Å²) in [4.78, 5) is 29.8. The first-order valence-corrected chi connectivity index (χ1v) is 12.9. The Morgan fingerprint density at radius 3 is 2.75 bits per heavy atom. The van der Waals surface area contributed by atoms with Crippen LogP contribution >= 0.6 is 11.3 Å². The molecule has 5 rings (SSSR count). The van der Waals surface area contributed by atoms with Crippen LogP contribution in [0.5, 0.6) is 0 Å². The number of sulfone groups is 1. The number of amides is 2. The van der Waals surface area contributed by atoms with Gasteiger partial charge in [-0.15, -0.1) is 11.3 Å². The minimum absolute atomic E-state index is 0.0387. The number of carbonyl (C=O) groups is 2. The Morgan fingerprint density at radius 1 is 1.12 bits per heavy atom. The van der Waals surface area contributed by atoms with Gasteiger partial charge in [0.15, 0.2) is 9.84 Å². The number of hydrogen-bond acceptors (Lipinski definition) is 7. The molecule has 1 aromatic heterocycles. The number of benzene rings is 2. The van der Waals surface area contributed by atoms with Crippen LogP contribution < -0.4 is 5.32 Å². The van der Waals surface area contributed by atoms with Gasteiger partial charge in [-0.2, -0.15) is 5.10 Å². The van der Waals surface area contributed by atoms with Crippen molar-refractivity contribution in [3.8, 4) is 10.6 Å². The van der Waals surface area contributed by atoms with Crippen molar-refractivity contribution in [3.63, 3.8) is 0 Å². The molecule has 1 unspecified atom stereocenters. The summed E-state index contributed by atoms with van der Waals surface area (Å²) < 4.78 is 24.7. The average molecular weight is 469 g/mol. The molecule has 1 atom stereocenters. The first-order chi connectivity index (χ1) is 15.4. The van der Waals surface area contributed by atoms with Crippen LogP contribution in [0.4, 0.5) is 5.69 Å². The molecule has 0 saturated carbocycles. The Bertz CT molecular complexity index is 1330. The van der Waals surface area contributed by atoms with Crippen molar-refractivity contribution in [3.05, 3.63) is 48.5 Å². The number of rotatable bonds is 4. The topological polar surface area (TPSA) is 109 Å². The quantitative estimate of drug-likeness (QED) is 0.633. The summed E-state index contributed by atoms with van der Waals surface area (Å²) in [5.74, 6) is -0.718. The number of nitrogens with zero attached hydrogens (tertiary/aromatic N) is 3. The van der Waals surface area contributed by atoms with E-state index in [-0.39, 0.29) is 36.0 Å². The standard InChI is InChI=1S/C22H20N4O4S2/c27-20-9-8-18(25-26(20)16-10-11-32(29,30)13-16)21(28)23-15-5-3-4-14(12-15)22-24-17-6-1-2-7-19(17)31-22/h1-7,12,16H,8-11,13H2,(H,23,28). The fraction of sp³-hybridized carbons (Fsp3) is 0.273. The van der Waals surface area contributed by atoms with Gasteiger partial charge in [0.25, 0.3) is 5.91 Å². The second kappa shape index (κ2) is 8.10. The molecule has 32 heavy (non-hydrogen) atoms. The highest BCUT2D eigenvalue weighted by atomic mass is 32.2. The lowest BCUT2D eigenvalue weighted by atomic mass is 10.1. The highest BCUT2D eigenvalue weighted by Gasteiger charge is 2.37. The normalized spacial score (nSPS) is 20.4. The van der Waals surface area contributed by atoms with Gasteiger partial charge in [-0.05, 0) is 30.7 Å². The van der Waals surface area contributed by atoms with Crippen molar-refractivity contribution in [2.45, 2.75) is 25.3 Å². The van der Waals surface area contributed by atoms with Gasteiger partial charge in [-0.3, -0.25) is 9.59 Å². The third-order valence-electron chi connectivity index (χ3n) is 5.54. The number of nitrogens with one attached hydrogen (secondary N) is 1. The van der Waals surface area contributed by atoms with Gasteiger partial charge >= 0.3 is 0 Å². The molecule has 2 aromatic carbocycles. The second-order valence-electron chi connectivity index (χ2n) is 7.86. The number of para-hydroxylation sites is 1. The number of thiazole rings is 1. The van der Waals surface area contributed by atoms with E-state index in [0.29, 0.717) is 12.1 Å². The van der Waals surface area contributed by atoms with Gasteiger partial charge in [-0.1, -0.05) is 24.3 Å². The van der Waals surface area contributed by atoms with Gasteiger partial charge < -0.3 is 5.32 Å². The van der Waals surface area contributed by atoms with Crippen molar-refractivity contribution in [1.82, 2.24) is 9.99 Å². The minimum Gasteiger partial charge on any atom is -0.321 e. The van der Waals surface area contributed by atoms with E-state index in [9.17, 15) is 18.0 Å². The van der Waals surface area contributed by atoms with E-state index < -0.39 is 21.8 Å². The molecule has 1 N–H and O–H groups in total. The molecule has 2 amide bonds. The van der Waals surface area contributed by atoms with Gasteiger partial charge in [0.1, 0.15) is 10.7 Å². The fourth-order valence-electron chi connectivity index (χ4n) is 3.92. The number of hydrazone groups is 1. The Morgan fingerprint density at radius 2 is 1.97 bits per heavy atom. The maximum absolute atomic E-state index is 12.8. The molecule has 8 nitrogen and oxygen atoms in total. The third-order valence-corrected chi connectivity index (χ3v) is 8.37. The molecular weight excluding hydrogens is 448 g/mol. The predicted molar refractivity (Wildman–Crippen MR) is 124 cm³/mol. The van der Waals surface area contributed by atoms with Gasteiger partial charge in [0.2, 0.25) is 5.91 Å². The van der Waals surface area contributed by atoms with Crippen molar-refractivity contribution in [1.29, 1.82) is 0 Å². The molecule has 2 aliphatic rings. The van der Waals surface area contributed by atoms with Gasteiger partial charge in [0, 0.05) is 24.1 Å². The van der Waals surface area contributed by atoms with E-state index in [1.807, 2.05) is 42.5 Å². The van der Waals surface area contributed by atoms with E-state index in [4.69, 9.17) is 0 Å². The summed E-state index contributed by atoms with van der Waals surface area (Å²) in [5, 5.41) is 9.13. The summed E-state index contributed by atoms with van der Waals surface area (Å²) in [6.07, 6.45) is 0.698. The maximum Gasteiger partial charge on any atom is 0.271 e. The largest absolute Gasteiger partial charge is 0.321 e. The molecule has 3 heterocycles. The maximum atomic E-state index is 12.8. The molecule has 0 spiro atoms. The molecule has 1 saturated heterocycles. The SMILES string of the molecule is O=C(Nc1cccc(-c2nc3ccccc3s2)c1)C1=NN(C2CCS(=O)(=O)C2)C(=O)CC1. The van der Waals surface area contributed by atoms with E-state index in [1.165, 1.54) is 5.01 Å².